The summed E-state index contributed by atoms with van der Waals surface area (Å²) in [7, 11) is 0. The molecule has 0 saturated heterocycles. The van der Waals surface area contributed by atoms with Gasteiger partial charge in [-0.3, -0.25) is 4.79 Å². The van der Waals surface area contributed by atoms with Crippen molar-refractivity contribution in [1.82, 2.24) is 0 Å². The maximum atomic E-state index is 11.4. The van der Waals surface area contributed by atoms with Gasteiger partial charge in [0.1, 0.15) is 5.41 Å². The largest absolute Gasteiger partial charge is 0.298 e. The van der Waals surface area contributed by atoms with Gasteiger partial charge in [-0.1, -0.05) is 0 Å². The van der Waals surface area contributed by atoms with E-state index in [1.54, 1.807) is 0 Å². The van der Waals surface area contributed by atoms with Crippen LogP contribution in [-0.2, 0) is 4.79 Å². The van der Waals surface area contributed by atoms with Gasteiger partial charge in [-0.15, -0.1) is 0 Å². The smallest absolute Gasteiger partial charge is 0.153 e. The van der Waals surface area contributed by atoms with E-state index in [-0.39, 0.29) is 5.78 Å². The second-order valence-electron chi connectivity index (χ2n) is 3.63. The van der Waals surface area contributed by atoms with Gasteiger partial charge in [0.2, 0.25) is 0 Å². The van der Waals surface area contributed by atoms with Crippen LogP contribution in [0.4, 0.5) is 0 Å². The number of fused-ring (bicyclic) bond motifs is 1. The van der Waals surface area contributed by atoms with Crippen molar-refractivity contribution in [3.8, 4) is 6.07 Å². The molecule has 0 heterocycles. The molecule has 0 amide bonds. The van der Waals surface area contributed by atoms with Gasteiger partial charge < -0.3 is 0 Å². The molecule has 2 heteroatoms. The van der Waals surface area contributed by atoms with Gasteiger partial charge in [-0.25, -0.2) is 0 Å². The van der Waals surface area contributed by atoms with E-state index in [0.29, 0.717) is 12.3 Å². The van der Waals surface area contributed by atoms with Gasteiger partial charge >= 0.3 is 0 Å². The molecule has 2 atom stereocenters. The normalized spacial score (nSPS) is 42.1. The predicted molar refractivity (Wildman–Crippen MR) is 39.6 cm³/mol. The molecule has 2 aliphatic carbocycles. The minimum Gasteiger partial charge on any atom is -0.298 e. The van der Waals surface area contributed by atoms with Crippen molar-refractivity contribution in [2.45, 2.75) is 32.1 Å². The number of hydrogen-bond acceptors (Lipinski definition) is 2. The summed E-state index contributed by atoms with van der Waals surface area (Å²) < 4.78 is 0. The lowest BCUT2D eigenvalue weighted by atomic mass is 9.54. The van der Waals surface area contributed by atoms with Crippen LogP contribution in [0.2, 0.25) is 0 Å². The molecule has 0 radical (unpaired) electrons. The number of nitriles is 1. The van der Waals surface area contributed by atoms with Crippen molar-refractivity contribution in [2.24, 2.45) is 11.3 Å². The highest BCUT2D eigenvalue weighted by Gasteiger charge is 2.53. The highest BCUT2D eigenvalue weighted by atomic mass is 16.1. The summed E-state index contributed by atoms with van der Waals surface area (Å²) in [5, 5.41) is 8.87. The molecule has 0 aliphatic heterocycles. The number of carbonyl (C=O) groups excluding carboxylic acids is 1. The Morgan fingerprint density at radius 2 is 2.36 bits per heavy atom. The Morgan fingerprint density at radius 3 is 2.73 bits per heavy atom. The standard InChI is InChI=1S/C9H11NO/c10-6-9-5-4-7(9)2-1-3-8(9)11/h7H,1-5H2. The van der Waals surface area contributed by atoms with Crippen LogP contribution in [0.1, 0.15) is 32.1 Å². The van der Waals surface area contributed by atoms with Crippen LogP contribution in [0, 0.1) is 22.7 Å². The number of carbonyl (C=O) groups is 1. The lowest BCUT2D eigenvalue weighted by Crippen LogP contribution is -2.48. The van der Waals surface area contributed by atoms with Gasteiger partial charge in [0, 0.05) is 6.42 Å². The summed E-state index contributed by atoms with van der Waals surface area (Å²) in [6.07, 6.45) is 4.67. The van der Waals surface area contributed by atoms with Crippen molar-refractivity contribution in [1.29, 1.82) is 5.26 Å². The van der Waals surface area contributed by atoms with Crippen LogP contribution in [0.3, 0.4) is 0 Å². The van der Waals surface area contributed by atoms with Crippen molar-refractivity contribution in [3.05, 3.63) is 0 Å². The molecule has 0 aromatic heterocycles. The maximum absolute atomic E-state index is 11.4. The number of rotatable bonds is 0. The lowest BCUT2D eigenvalue weighted by molar-refractivity contribution is -0.137. The fraction of sp³-hybridized carbons (Fsp3) is 0.778. The second kappa shape index (κ2) is 2.07. The van der Waals surface area contributed by atoms with Gasteiger partial charge in [0.05, 0.1) is 6.07 Å². The first kappa shape index (κ1) is 6.84. The summed E-state index contributed by atoms with van der Waals surface area (Å²) in [4.78, 5) is 11.4. The Labute approximate surface area is 66.2 Å². The Kier molecular flexibility index (Phi) is 1.29. The van der Waals surface area contributed by atoms with E-state index in [2.05, 4.69) is 6.07 Å². The molecule has 2 unspecified atom stereocenters. The molecule has 58 valence electrons. The quantitative estimate of drug-likeness (QED) is 0.525. The summed E-state index contributed by atoms with van der Waals surface area (Å²) in [5.74, 6) is 0.622. The van der Waals surface area contributed by atoms with Gasteiger partial charge in [-0.2, -0.15) is 5.26 Å². The molecule has 2 rings (SSSR count). The minimum atomic E-state index is -0.516. The summed E-state index contributed by atoms with van der Waals surface area (Å²) in [6, 6.07) is 2.22. The monoisotopic (exact) mass is 149 g/mol. The number of ketones is 1. The van der Waals surface area contributed by atoms with Crippen LogP contribution < -0.4 is 0 Å². The van der Waals surface area contributed by atoms with E-state index in [9.17, 15) is 4.79 Å². The molecule has 0 aromatic rings. The fourth-order valence-corrected chi connectivity index (χ4v) is 2.34. The van der Waals surface area contributed by atoms with E-state index >= 15 is 0 Å². The molecular formula is C9H11NO. The summed E-state index contributed by atoms with van der Waals surface area (Å²) >= 11 is 0. The van der Waals surface area contributed by atoms with Crippen LogP contribution in [0.25, 0.3) is 0 Å². The number of nitrogens with zero attached hydrogens (tertiary/aromatic N) is 1. The first-order chi connectivity index (χ1) is 5.29. The summed E-state index contributed by atoms with van der Waals surface area (Å²) in [5.41, 5.74) is -0.516. The van der Waals surface area contributed by atoms with Gasteiger partial charge in [0.25, 0.3) is 0 Å². The van der Waals surface area contributed by atoms with E-state index in [1.807, 2.05) is 0 Å². The van der Waals surface area contributed by atoms with E-state index in [0.717, 1.165) is 25.7 Å². The van der Waals surface area contributed by atoms with Crippen LogP contribution in [-0.4, -0.2) is 5.78 Å². The average Bonchev–Trinajstić information content (AvgIpc) is 1.96. The van der Waals surface area contributed by atoms with E-state index in [4.69, 9.17) is 5.26 Å². The minimum absolute atomic E-state index is 0.211. The molecule has 2 fully saturated rings. The Morgan fingerprint density at radius 1 is 1.55 bits per heavy atom. The zero-order chi connectivity index (χ0) is 7.90. The molecular weight excluding hydrogens is 138 g/mol. The van der Waals surface area contributed by atoms with Crippen LogP contribution in [0.15, 0.2) is 0 Å². The number of Topliss-reactive ketones (excluding diaryl/α,β-unsaturated/α-hetero) is 1. The third kappa shape index (κ3) is 0.686. The zero-order valence-corrected chi connectivity index (χ0v) is 6.47. The average molecular weight is 149 g/mol. The first-order valence-electron chi connectivity index (χ1n) is 4.24. The second-order valence-corrected chi connectivity index (χ2v) is 3.63. The molecule has 0 spiro atoms. The topological polar surface area (TPSA) is 40.9 Å². The molecule has 2 aliphatic rings. The van der Waals surface area contributed by atoms with Crippen molar-refractivity contribution in [3.63, 3.8) is 0 Å². The van der Waals surface area contributed by atoms with Crippen molar-refractivity contribution >= 4 is 5.78 Å². The third-order valence-electron chi connectivity index (χ3n) is 3.24. The molecule has 11 heavy (non-hydrogen) atoms. The van der Waals surface area contributed by atoms with Crippen molar-refractivity contribution in [2.75, 3.05) is 0 Å². The van der Waals surface area contributed by atoms with Crippen molar-refractivity contribution < 1.29 is 4.79 Å². The highest BCUT2D eigenvalue weighted by molar-refractivity contribution is 5.89. The van der Waals surface area contributed by atoms with Gasteiger partial charge in [0.15, 0.2) is 5.78 Å². The Bertz CT molecular complexity index is 240. The Hall–Kier alpha value is -0.840. The zero-order valence-electron chi connectivity index (χ0n) is 6.47. The molecule has 2 saturated carbocycles. The predicted octanol–water partition coefficient (Wildman–Crippen LogP) is 1.66. The summed E-state index contributed by atoms with van der Waals surface area (Å²) in [6.45, 7) is 0. The van der Waals surface area contributed by atoms with Gasteiger partial charge in [-0.05, 0) is 31.6 Å². The molecule has 0 aromatic carbocycles. The molecule has 0 bridgehead atoms. The van der Waals surface area contributed by atoms with E-state index < -0.39 is 5.41 Å². The lowest BCUT2D eigenvalue weighted by Gasteiger charge is -2.46. The Balaban J connectivity index is 2.28. The SMILES string of the molecule is N#CC12CCC1CCCC2=O. The highest BCUT2D eigenvalue weighted by Crippen LogP contribution is 2.52. The van der Waals surface area contributed by atoms with Crippen LogP contribution in [0.5, 0.6) is 0 Å². The first-order valence-corrected chi connectivity index (χ1v) is 4.24. The van der Waals surface area contributed by atoms with E-state index in [1.165, 1.54) is 0 Å². The fourth-order valence-electron chi connectivity index (χ4n) is 2.34. The third-order valence-corrected chi connectivity index (χ3v) is 3.24. The number of hydrogen-bond donors (Lipinski definition) is 0. The molecule has 2 nitrogen and oxygen atoms in total. The maximum Gasteiger partial charge on any atom is 0.153 e. The molecule has 0 N–H and O–H groups in total. The van der Waals surface area contributed by atoms with Crippen LogP contribution >= 0.6 is 0 Å².